The van der Waals surface area contributed by atoms with Gasteiger partial charge >= 0.3 is 0 Å². The number of thiophene rings is 1. The van der Waals surface area contributed by atoms with Gasteiger partial charge in [0.05, 0.1) is 7.11 Å². The first-order chi connectivity index (χ1) is 8.78. The molecule has 3 rings (SSSR count). The zero-order valence-electron chi connectivity index (χ0n) is 10.7. The van der Waals surface area contributed by atoms with E-state index in [2.05, 4.69) is 30.4 Å². The first kappa shape index (κ1) is 11.8. The maximum Gasteiger partial charge on any atom is 0.118 e. The first-order valence-corrected chi connectivity index (χ1v) is 7.07. The molecule has 0 radical (unpaired) electrons. The van der Waals surface area contributed by atoms with Gasteiger partial charge in [-0.1, -0.05) is 6.92 Å². The van der Waals surface area contributed by atoms with E-state index < -0.39 is 0 Å². The smallest absolute Gasteiger partial charge is 0.118 e. The number of methoxy groups -OCH3 is 1. The van der Waals surface area contributed by atoms with E-state index in [0.717, 1.165) is 18.8 Å². The number of fused-ring (bicyclic) bond motifs is 1. The Morgan fingerprint density at radius 2 is 2.06 bits per heavy atom. The summed E-state index contributed by atoms with van der Waals surface area (Å²) in [7, 11) is 1.70. The third-order valence-electron chi connectivity index (χ3n) is 3.43. The topological polar surface area (TPSA) is 21.3 Å². The van der Waals surface area contributed by atoms with E-state index in [4.69, 9.17) is 4.74 Å². The Balaban J connectivity index is 1.96. The van der Waals surface area contributed by atoms with Gasteiger partial charge in [-0.25, -0.2) is 0 Å². The second kappa shape index (κ2) is 4.75. The van der Waals surface area contributed by atoms with Gasteiger partial charge in [0.1, 0.15) is 5.75 Å². The molecule has 0 fully saturated rings. The zero-order valence-corrected chi connectivity index (χ0v) is 11.5. The van der Waals surface area contributed by atoms with Crippen LogP contribution in [0.15, 0.2) is 30.3 Å². The normalized spacial score (nSPS) is 18.4. The number of rotatable bonds is 2. The Hall–Kier alpha value is -1.32. The quantitative estimate of drug-likeness (QED) is 0.889. The molecule has 1 aliphatic rings. The highest BCUT2D eigenvalue weighted by atomic mass is 32.1. The van der Waals surface area contributed by atoms with Gasteiger partial charge in [0.2, 0.25) is 0 Å². The number of benzene rings is 1. The summed E-state index contributed by atoms with van der Waals surface area (Å²) in [6.07, 6.45) is 0. The lowest BCUT2D eigenvalue weighted by Gasteiger charge is -2.18. The summed E-state index contributed by atoms with van der Waals surface area (Å²) < 4.78 is 5.20. The van der Waals surface area contributed by atoms with Crippen LogP contribution >= 0.6 is 11.3 Å². The van der Waals surface area contributed by atoms with Gasteiger partial charge in [-0.15, -0.1) is 11.3 Å². The van der Waals surface area contributed by atoms with Crippen molar-refractivity contribution in [3.63, 3.8) is 0 Å². The summed E-state index contributed by atoms with van der Waals surface area (Å²) in [5, 5.41) is 3.46. The van der Waals surface area contributed by atoms with E-state index in [-0.39, 0.29) is 0 Å². The molecule has 1 aliphatic heterocycles. The van der Waals surface area contributed by atoms with Crippen LogP contribution in [0.4, 0.5) is 0 Å². The second-order valence-corrected chi connectivity index (χ2v) is 5.84. The zero-order chi connectivity index (χ0) is 12.5. The molecule has 0 saturated heterocycles. The molecule has 2 heterocycles. The number of nitrogens with one attached hydrogen (secondary N) is 1. The molecule has 3 heteroatoms. The molecule has 0 bridgehead atoms. The molecular formula is C15H17NOS. The minimum Gasteiger partial charge on any atom is -0.497 e. The van der Waals surface area contributed by atoms with Crippen LogP contribution in [0.1, 0.15) is 23.3 Å². The summed E-state index contributed by atoms with van der Waals surface area (Å²) in [6, 6.07) is 10.6. The van der Waals surface area contributed by atoms with Crippen LogP contribution in [-0.2, 0) is 6.54 Å². The van der Waals surface area contributed by atoms with Crippen LogP contribution in [0, 0.1) is 0 Å². The number of hydrogen-bond donors (Lipinski definition) is 1. The lowest BCUT2D eigenvalue weighted by atomic mass is 10.0. The van der Waals surface area contributed by atoms with Crippen LogP contribution in [0.5, 0.6) is 5.75 Å². The fourth-order valence-electron chi connectivity index (χ4n) is 2.41. The summed E-state index contributed by atoms with van der Waals surface area (Å²) in [6.45, 7) is 4.39. The lowest BCUT2D eigenvalue weighted by Crippen LogP contribution is -2.24. The third kappa shape index (κ3) is 2.04. The molecule has 1 N–H and O–H groups in total. The number of ether oxygens (including phenoxy) is 1. The van der Waals surface area contributed by atoms with E-state index in [9.17, 15) is 0 Å². The predicted molar refractivity (Wildman–Crippen MR) is 76.4 cm³/mol. The molecule has 1 atom stereocenters. The average Bonchev–Trinajstić information content (AvgIpc) is 2.84. The Bertz CT molecular complexity index is 544. The van der Waals surface area contributed by atoms with Crippen LogP contribution in [0.2, 0.25) is 0 Å². The highest BCUT2D eigenvalue weighted by Crippen LogP contribution is 2.37. The van der Waals surface area contributed by atoms with Gasteiger partial charge in [-0.2, -0.15) is 0 Å². The fourth-order valence-corrected chi connectivity index (χ4v) is 3.65. The van der Waals surface area contributed by atoms with Crippen molar-refractivity contribution in [3.05, 3.63) is 40.8 Å². The lowest BCUT2D eigenvalue weighted by molar-refractivity contribution is 0.415. The standard InChI is InChI=1S/C15H17NOS/c1-10-8-16-9-12-7-14(18-15(10)12)11-3-5-13(17-2)6-4-11/h3-7,10,16H,8-9H2,1-2H3. The van der Waals surface area contributed by atoms with Gasteiger partial charge in [-0.3, -0.25) is 0 Å². The van der Waals surface area contributed by atoms with Gasteiger partial charge in [0.15, 0.2) is 0 Å². The Morgan fingerprint density at radius 3 is 2.72 bits per heavy atom. The van der Waals surface area contributed by atoms with Crippen molar-refractivity contribution < 1.29 is 4.74 Å². The Labute approximate surface area is 112 Å². The van der Waals surface area contributed by atoms with Gasteiger partial charge in [-0.05, 0) is 41.5 Å². The molecule has 1 aromatic carbocycles. The Morgan fingerprint density at radius 1 is 1.28 bits per heavy atom. The van der Waals surface area contributed by atoms with E-state index in [0.29, 0.717) is 5.92 Å². The summed E-state index contributed by atoms with van der Waals surface area (Å²) in [4.78, 5) is 2.90. The van der Waals surface area contributed by atoms with Crippen molar-refractivity contribution in [3.8, 4) is 16.2 Å². The minimum atomic E-state index is 0.630. The largest absolute Gasteiger partial charge is 0.497 e. The maximum atomic E-state index is 5.20. The van der Waals surface area contributed by atoms with Crippen molar-refractivity contribution in [1.29, 1.82) is 0 Å². The first-order valence-electron chi connectivity index (χ1n) is 6.25. The molecule has 1 unspecified atom stereocenters. The summed E-state index contributed by atoms with van der Waals surface area (Å²) >= 11 is 1.93. The maximum absolute atomic E-state index is 5.20. The summed E-state index contributed by atoms with van der Waals surface area (Å²) in [5.41, 5.74) is 2.74. The molecule has 2 nitrogen and oxygen atoms in total. The minimum absolute atomic E-state index is 0.630. The molecule has 0 spiro atoms. The summed E-state index contributed by atoms with van der Waals surface area (Å²) in [5.74, 6) is 1.54. The molecule has 0 saturated carbocycles. The van der Waals surface area contributed by atoms with Crippen LogP contribution in [0.3, 0.4) is 0 Å². The Kier molecular flexibility index (Phi) is 3.10. The molecular weight excluding hydrogens is 242 g/mol. The van der Waals surface area contributed by atoms with Crippen LogP contribution in [0.25, 0.3) is 10.4 Å². The predicted octanol–water partition coefficient (Wildman–Crippen LogP) is 3.63. The van der Waals surface area contributed by atoms with Crippen molar-refractivity contribution in [2.75, 3.05) is 13.7 Å². The van der Waals surface area contributed by atoms with Crippen molar-refractivity contribution >= 4 is 11.3 Å². The average molecular weight is 259 g/mol. The third-order valence-corrected chi connectivity index (χ3v) is 4.89. The van der Waals surface area contributed by atoms with Gasteiger partial charge in [0.25, 0.3) is 0 Å². The van der Waals surface area contributed by atoms with Gasteiger partial charge in [0, 0.05) is 28.8 Å². The monoisotopic (exact) mass is 259 g/mol. The van der Waals surface area contributed by atoms with Crippen LogP contribution < -0.4 is 10.1 Å². The van der Waals surface area contributed by atoms with Crippen molar-refractivity contribution in [1.82, 2.24) is 5.32 Å². The van der Waals surface area contributed by atoms with E-state index >= 15 is 0 Å². The SMILES string of the molecule is COc1ccc(-c2cc3c(s2)C(C)CNC3)cc1. The van der Waals surface area contributed by atoms with Crippen molar-refractivity contribution in [2.45, 2.75) is 19.4 Å². The molecule has 94 valence electrons. The molecule has 0 aliphatic carbocycles. The fraction of sp³-hybridized carbons (Fsp3) is 0.333. The van der Waals surface area contributed by atoms with E-state index in [1.807, 2.05) is 23.5 Å². The van der Waals surface area contributed by atoms with E-state index in [1.165, 1.54) is 16.0 Å². The van der Waals surface area contributed by atoms with Crippen molar-refractivity contribution in [2.24, 2.45) is 0 Å². The van der Waals surface area contributed by atoms with E-state index in [1.54, 1.807) is 12.0 Å². The molecule has 1 aromatic heterocycles. The highest BCUT2D eigenvalue weighted by Gasteiger charge is 2.19. The highest BCUT2D eigenvalue weighted by molar-refractivity contribution is 7.15. The second-order valence-electron chi connectivity index (χ2n) is 4.76. The van der Waals surface area contributed by atoms with Crippen LogP contribution in [-0.4, -0.2) is 13.7 Å². The molecule has 0 amide bonds. The molecule has 18 heavy (non-hydrogen) atoms. The molecule has 2 aromatic rings. The van der Waals surface area contributed by atoms with Gasteiger partial charge < -0.3 is 10.1 Å². The number of hydrogen-bond acceptors (Lipinski definition) is 3.